The van der Waals surface area contributed by atoms with Crippen LogP contribution in [-0.4, -0.2) is 32.2 Å². The van der Waals surface area contributed by atoms with Gasteiger partial charge in [0.15, 0.2) is 18.1 Å². The Kier molecular flexibility index (Phi) is 7.02. The zero-order valence-electron chi connectivity index (χ0n) is 15.2. The summed E-state index contributed by atoms with van der Waals surface area (Å²) in [5.74, 6) is 0.00815. The molecule has 2 aromatic carbocycles. The summed E-state index contributed by atoms with van der Waals surface area (Å²) in [6.45, 7) is 3.79. The molecule has 0 aliphatic rings. The summed E-state index contributed by atoms with van der Waals surface area (Å²) >= 11 is 0. The number of nitrogens with one attached hydrogen (secondary N) is 1. The number of esters is 1. The van der Waals surface area contributed by atoms with Gasteiger partial charge in [-0.15, -0.1) is 0 Å². The van der Waals surface area contributed by atoms with E-state index in [1.165, 1.54) is 13.2 Å². The van der Waals surface area contributed by atoms with E-state index >= 15 is 0 Å². The van der Waals surface area contributed by atoms with Gasteiger partial charge in [0.2, 0.25) is 0 Å². The van der Waals surface area contributed by atoms with Crippen LogP contribution in [0.15, 0.2) is 48.5 Å². The van der Waals surface area contributed by atoms with Crippen LogP contribution in [-0.2, 0) is 9.53 Å². The average Bonchev–Trinajstić information content (AvgIpc) is 2.67. The minimum absolute atomic E-state index is 0.173. The Hall–Kier alpha value is -3.02. The third-order valence-corrected chi connectivity index (χ3v) is 3.71. The van der Waals surface area contributed by atoms with Crippen LogP contribution in [0.3, 0.4) is 0 Å². The summed E-state index contributed by atoms with van der Waals surface area (Å²) in [5, 5.41) is 2.79. The van der Waals surface area contributed by atoms with E-state index in [-0.39, 0.29) is 24.1 Å². The number of hydrogen-bond donors (Lipinski definition) is 1. The molecule has 1 N–H and O–H groups in total. The molecule has 0 saturated heterocycles. The van der Waals surface area contributed by atoms with Crippen molar-refractivity contribution in [2.24, 2.45) is 0 Å². The second-order valence-electron chi connectivity index (χ2n) is 5.57. The third kappa shape index (κ3) is 5.24. The highest BCUT2D eigenvalue weighted by molar-refractivity contribution is 5.92. The van der Waals surface area contributed by atoms with Crippen molar-refractivity contribution in [2.45, 2.75) is 19.9 Å². The SMILES string of the molecule is CCOc1cc(C(=O)OCC(=O)N[C@@H](C)c2ccccc2)ccc1OC. The lowest BCUT2D eigenvalue weighted by Gasteiger charge is -2.14. The molecule has 26 heavy (non-hydrogen) atoms. The standard InChI is InChI=1S/C20H23NO5/c1-4-25-18-12-16(10-11-17(18)24-3)20(23)26-13-19(22)21-14(2)15-8-6-5-7-9-15/h5-12,14H,4,13H2,1-3H3,(H,21,22)/t14-/m0/s1. The molecule has 0 radical (unpaired) electrons. The second-order valence-corrected chi connectivity index (χ2v) is 5.57. The van der Waals surface area contributed by atoms with E-state index in [4.69, 9.17) is 14.2 Å². The fraction of sp³-hybridized carbons (Fsp3) is 0.300. The Morgan fingerprint density at radius 3 is 2.46 bits per heavy atom. The van der Waals surface area contributed by atoms with Gasteiger partial charge in [0.25, 0.3) is 5.91 Å². The zero-order chi connectivity index (χ0) is 18.9. The molecule has 0 unspecified atom stereocenters. The van der Waals surface area contributed by atoms with Crippen LogP contribution in [0.1, 0.15) is 35.8 Å². The molecule has 6 nitrogen and oxygen atoms in total. The maximum absolute atomic E-state index is 12.2. The van der Waals surface area contributed by atoms with Gasteiger partial charge >= 0.3 is 5.97 Å². The van der Waals surface area contributed by atoms with Crippen molar-refractivity contribution in [1.82, 2.24) is 5.32 Å². The number of hydrogen-bond acceptors (Lipinski definition) is 5. The molecule has 0 spiro atoms. The van der Waals surface area contributed by atoms with Gasteiger partial charge in [0, 0.05) is 0 Å². The highest BCUT2D eigenvalue weighted by Gasteiger charge is 2.15. The van der Waals surface area contributed by atoms with Gasteiger partial charge in [-0.05, 0) is 37.6 Å². The predicted octanol–water partition coefficient (Wildman–Crippen LogP) is 3.13. The average molecular weight is 357 g/mol. The first-order chi connectivity index (χ1) is 12.5. The van der Waals surface area contributed by atoms with Gasteiger partial charge in [-0.2, -0.15) is 0 Å². The molecule has 0 saturated carbocycles. The van der Waals surface area contributed by atoms with Crippen LogP contribution in [0.25, 0.3) is 0 Å². The number of rotatable bonds is 8. The van der Waals surface area contributed by atoms with Crippen molar-refractivity contribution in [3.8, 4) is 11.5 Å². The van der Waals surface area contributed by atoms with E-state index in [2.05, 4.69) is 5.32 Å². The van der Waals surface area contributed by atoms with Crippen molar-refractivity contribution in [1.29, 1.82) is 0 Å². The van der Waals surface area contributed by atoms with Gasteiger partial charge in [-0.3, -0.25) is 4.79 Å². The Balaban J connectivity index is 1.91. The van der Waals surface area contributed by atoms with E-state index < -0.39 is 5.97 Å². The molecule has 0 aromatic heterocycles. The lowest BCUT2D eigenvalue weighted by Crippen LogP contribution is -2.31. The van der Waals surface area contributed by atoms with Crippen LogP contribution >= 0.6 is 0 Å². The first-order valence-corrected chi connectivity index (χ1v) is 8.37. The van der Waals surface area contributed by atoms with Gasteiger partial charge in [-0.25, -0.2) is 4.79 Å². The number of amides is 1. The van der Waals surface area contributed by atoms with Gasteiger partial charge in [0.05, 0.1) is 25.3 Å². The van der Waals surface area contributed by atoms with E-state index in [9.17, 15) is 9.59 Å². The Bertz CT molecular complexity index is 745. The molecular weight excluding hydrogens is 334 g/mol. The third-order valence-electron chi connectivity index (χ3n) is 3.71. The largest absolute Gasteiger partial charge is 0.493 e. The van der Waals surface area contributed by atoms with Crippen molar-refractivity contribution in [3.63, 3.8) is 0 Å². The molecule has 138 valence electrons. The minimum atomic E-state index is -0.601. The van der Waals surface area contributed by atoms with E-state index in [1.807, 2.05) is 44.2 Å². The molecule has 0 bridgehead atoms. The maximum atomic E-state index is 12.2. The van der Waals surface area contributed by atoms with Crippen molar-refractivity contribution >= 4 is 11.9 Å². The first-order valence-electron chi connectivity index (χ1n) is 8.37. The molecule has 6 heteroatoms. The van der Waals surface area contributed by atoms with Crippen LogP contribution in [0.5, 0.6) is 11.5 Å². The summed E-state index contributed by atoms with van der Waals surface area (Å²) in [5.41, 5.74) is 1.27. The van der Waals surface area contributed by atoms with E-state index in [0.717, 1.165) is 5.56 Å². The summed E-state index contributed by atoms with van der Waals surface area (Å²) in [7, 11) is 1.52. The summed E-state index contributed by atoms with van der Waals surface area (Å²) < 4.78 is 15.7. The predicted molar refractivity (Wildman–Crippen MR) is 97.4 cm³/mol. The number of methoxy groups -OCH3 is 1. The molecule has 2 rings (SSSR count). The van der Waals surface area contributed by atoms with Crippen molar-refractivity contribution in [2.75, 3.05) is 20.3 Å². The number of carbonyl (C=O) groups excluding carboxylic acids is 2. The quantitative estimate of drug-likeness (QED) is 0.735. The molecule has 0 aliphatic heterocycles. The fourth-order valence-electron chi connectivity index (χ4n) is 2.39. The van der Waals surface area contributed by atoms with Crippen molar-refractivity contribution < 1.29 is 23.8 Å². The van der Waals surface area contributed by atoms with Gasteiger partial charge in [0.1, 0.15) is 0 Å². The van der Waals surface area contributed by atoms with E-state index in [0.29, 0.717) is 18.1 Å². The van der Waals surface area contributed by atoms with Crippen LogP contribution in [0.2, 0.25) is 0 Å². The highest BCUT2D eigenvalue weighted by atomic mass is 16.5. The molecule has 0 heterocycles. The molecular formula is C20H23NO5. The van der Waals surface area contributed by atoms with E-state index in [1.54, 1.807) is 12.1 Å². The number of ether oxygens (including phenoxy) is 3. The minimum Gasteiger partial charge on any atom is -0.493 e. The zero-order valence-corrected chi connectivity index (χ0v) is 15.2. The van der Waals surface area contributed by atoms with Gasteiger partial charge in [-0.1, -0.05) is 30.3 Å². The highest BCUT2D eigenvalue weighted by Crippen LogP contribution is 2.28. The summed E-state index contributed by atoms with van der Waals surface area (Å²) in [4.78, 5) is 24.2. The van der Waals surface area contributed by atoms with Crippen LogP contribution in [0.4, 0.5) is 0 Å². The summed E-state index contributed by atoms with van der Waals surface area (Å²) in [6.07, 6.45) is 0. The molecule has 0 fully saturated rings. The molecule has 1 atom stereocenters. The fourth-order valence-corrected chi connectivity index (χ4v) is 2.39. The van der Waals surface area contributed by atoms with Crippen LogP contribution < -0.4 is 14.8 Å². The molecule has 1 amide bonds. The summed E-state index contributed by atoms with van der Waals surface area (Å²) in [6, 6.07) is 14.1. The van der Waals surface area contributed by atoms with Crippen LogP contribution in [0, 0.1) is 0 Å². The number of benzene rings is 2. The Morgan fingerprint density at radius 1 is 1.08 bits per heavy atom. The smallest absolute Gasteiger partial charge is 0.338 e. The Morgan fingerprint density at radius 2 is 1.81 bits per heavy atom. The normalized spacial score (nSPS) is 11.3. The maximum Gasteiger partial charge on any atom is 0.338 e. The Labute approximate surface area is 153 Å². The van der Waals surface area contributed by atoms with Crippen molar-refractivity contribution in [3.05, 3.63) is 59.7 Å². The monoisotopic (exact) mass is 357 g/mol. The van der Waals surface area contributed by atoms with Gasteiger partial charge < -0.3 is 19.5 Å². The number of carbonyl (C=O) groups is 2. The second kappa shape index (κ2) is 9.46. The topological polar surface area (TPSA) is 73.9 Å². The first kappa shape index (κ1) is 19.3. The lowest BCUT2D eigenvalue weighted by molar-refractivity contribution is -0.124. The lowest BCUT2D eigenvalue weighted by atomic mass is 10.1. The molecule has 2 aromatic rings. The molecule has 0 aliphatic carbocycles.